The van der Waals surface area contributed by atoms with Crippen LogP contribution in [-0.2, 0) is 21.7 Å². The second kappa shape index (κ2) is 13.3. The summed E-state index contributed by atoms with van der Waals surface area (Å²) in [6.45, 7) is 15.9. The molecule has 1 aromatic rings. The van der Waals surface area contributed by atoms with Gasteiger partial charge in [0.2, 0.25) is 0 Å². The molecule has 0 aromatic heterocycles. The molecule has 0 heterocycles. The molecule has 156 valence electrons. The van der Waals surface area contributed by atoms with Crippen molar-refractivity contribution in [1.29, 1.82) is 0 Å². The fourth-order valence-corrected chi connectivity index (χ4v) is 11.6. The summed E-state index contributed by atoms with van der Waals surface area (Å²) in [5.41, 5.74) is 5.30. The molecule has 0 saturated carbocycles. The first-order valence-electron chi connectivity index (χ1n) is 9.53. The van der Waals surface area contributed by atoms with Crippen LogP contribution in [0.2, 0.25) is 39.3 Å². The van der Waals surface area contributed by atoms with Crippen molar-refractivity contribution in [1.82, 2.24) is 0 Å². The van der Waals surface area contributed by atoms with Crippen molar-refractivity contribution in [3.8, 4) is 0 Å². The van der Waals surface area contributed by atoms with Gasteiger partial charge in [-0.15, -0.1) is 23.8 Å². The number of hydrogen-bond donors (Lipinski definition) is 0. The normalized spacial score (nSPS) is 17.5. The van der Waals surface area contributed by atoms with E-state index in [0.717, 1.165) is 6.42 Å². The summed E-state index contributed by atoms with van der Waals surface area (Å²) in [6.07, 6.45) is 13.4. The summed E-state index contributed by atoms with van der Waals surface area (Å²) in [6, 6.07) is 10.7. The van der Waals surface area contributed by atoms with Crippen molar-refractivity contribution in [2.75, 3.05) is 0 Å². The van der Waals surface area contributed by atoms with Gasteiger partial charge in [0.1, 0.15) is 0 Å². The summed E-state index contributed by atoms with van der Waals surface area (Å²) in [5, 5.41) is 0. The Morgan fingerprint density at radius 2 is 1.48 bits per heavy atom. The van der Waals surface area contributed by atoms with Crippen LogP contribution in [0.1, 0.15) is 24.8 Å². The number of hydrogen-bond acceptors (Lipinski definition) is 0. The molecule has 0 saturated heterocycles. The predicted molar refractivity (Wildman–Crippen MR) is 122 cm³/mol. The standard InChI is InChI=1S/C17H15.C6H18NSi2.2ClH.Ti/c1-13-11-15-9-5-6-10-16(17(15)12-13)14-7-3-2-4-8-14;1-8(2,3)7-9(4,5)6;;;/h2-9,12,16H,10H2,1H3;1-6H3;2*1H;/q2*-1;;;+4/p-2. The molecule has 1 nitrogen and oxygen atoms in total. The molecule has 1 unspecified atom stereocenters. The van der Waals surface area contributed by atoms with Gasteiger partial charge in [-0.05, 0) is 17.9 Å². The second-order valence-corrected chi connectivity index (χ2v) is 18.6. The summed E-state index contributed by atoms with van der Waals surface area (Å²) in [4.78, 5) is 0. The van der Waals surface area contributed by atoms with Gasteiger partial charge in [-0.1, -0.05) is 99.1 Å². The third kappa shape index (κ3) is 11.2. The van der Waals surface area contributed by atoms with Gasteiger partial charge in [-0.3, -0.25) is 0 Å². The topological polar surface area (TPSA) is 14.1 Å². The van der Waals surface area contributed by atoms with E-state index < -0.39 is 16.5 Å². The first-order chi connectivity index (χ1) is 12.1. The molecule has 0 aliphatic heterocycles. The molecule has 0 bridgehead atoms. The van der Waals surface area contributed by atoms with E-state index in [4.69, 9.17) is 4.65 Å². The minimum Gasteiger partial charge on any atom is -1.00 e. The Morgan fingerprint density at radius 3 is 1.97 bits per heavy atom. The van der Waals surface area contributed by atoms with E-state index in [9.17, 15) is 0 Å². The van der Waals surface area contributed by atoms with Crippen LogP contribution in [0.15, 0.2) is 71.4 Å². The first-order valence-corrected chi connectivity index (χ1v) is 16.4. The molecule has 0 fully saturated rings. The van der Waals surface area contributed by atoms with Gasteiger partial charge >= 0.3 is 21.7 Å². The van der Waals surface area contributed by atoms with Crippen LogP contribution in [0.3, 0.4) is 0 Å². The maximum atomic E-state index is 4.82. The number of rotatable bonds is 3. The van der Waals surface area contributed by atoms with Gasteiger partial charge in [0, 0.05) is 0 Å². The van der Waals surface area contributed by atoms with E-state index in [1.807, 2.05) is 0 Å². The molecular weight excluding hydrogens is 465 g/mol. The largest absolute Gasteiger partial charge is 4.00 e. The average molecular weight is 498 g/mol. The fourth-order valence-electron chi connectivity index (χ4n) is 3.57. The third-order valence-corrected chi connectivity index (χ3v) is 9.40. The second-order valence-electron chi connectivity index (χ2n) is 9.07. The zero-order valence-corrected chi connectivity index (χ0v) is 23.8. The fraction of sp³-hybridized carbons (Fsp3) is 0.391. The van der Waals surface area contributed by atoms with E-state index in [2.05, 4.69) is 107 Å². The molecule has 0 spiro atoms. The number of nitrogens with zero attached hydrogens (tertiary/aromatic N) is 1. The number of allylic oxidation sites excluding steroid dienone is 8. The number of benzene rings is 1. The van der Waals surface area contributed by atoms with Gasteiger partial charge in [0.05, 0.1) is 0 Å². The summed E-state index contributed by atoms with van der Waals surface area (Å²) in [5.74, 6) is 0.478. The van der Waals surface area contributed by atoms with Crippen LogP contribution in [-0.4, -0.2) is 16.5 Å². The monoisotopic (exact) mass is 497 g/mol. The minimum absolute atomic E-state index is 0. The first kappa shape index (κ1) is 31.1. The molecule has 0 N–H and O–H groups in total. The van der Waals surface area contributed by atoms with Crippen molar-refractivity contribution in [2.24, 2.45) is 0 Å². The Morgan fingerprint density at radius 1 is 0.931 bits per heavy atom. The van der Waals surface area contributed by atoms with Crippen LogP contribution >= 0.6 is 0 Å². The molecular formula is C23H33Cl2NSi2Ti. The maximum Gasteiger partial charge on any atom is 4.00 e. The zero-order chi connectivity index (χ0) is 19.4. The number of fused-ring (bicyclic) bond motifs is 1. The van der Waals surface area contributed by atoms with E-state index >= 15 is 0 Å². The van der Waals surface area contributed by atoms with E-state index in [1.54, 1.807) is 0 Å². The summed E-state index contributed by atoms with van der Waals surface area (Å²) in [7, 11) is -2.21. The zero-order valence-electron chi connectivity index (χ0n) is 18.7. The molecule has 1 atom stereocenters. The summed E-state index contributed by atoms with van der Waals surface area (Å²) < 4.78 is 4.82. The van der Waals surface area contributed by atoms with Crippen LogP contribution in [0.25, 0.3) is 4.65 Å². The van der Waals surface area contributed by atoms with Crippen molar-refractivity contribution in [3.63, 3.8) is 0 Å². The van der Waals surface area contributed by atoms with Gasteiger partial charge < -0.3 is 29.5 Å². The van der Waals surface area contributed by atoms with Crippen molar-refractivity contribution in [3.05, 3.63) is 87.6 Å². The Kier molecular flexibility index (Phi) is 14.3. The van der Waals surface area contributed by atoms with Crippen molar-refractivity contribution in [2.45, 2.75) is 58.5 Å². The van der Waals surface area contributed by atoms with Crippen molar-refractivity contribution < 1.29 is 46.5 Å². The van der Waals surface area contributed by atoms with Gasteiger partial charge in [0.15, 0.2) is 0 Å². The van der Waals surface area contributed by atoms with Crippen LogP contribution in [0.5, 0.6) is 0 Å². The third-order valence-electron chi connectivity index (χ3n) is 4.03. The molecule has 1 aromatic carbocycles. The van der Waals surface area contributed by atoms with Crippen LogP contribution in [0.4, 0.5) is 0 Å². The van der Waals surface area contributed by atoms with Crippen LogP contribution < -0.4 is 24.8 Å². The predicted octanol–water partition coefficient (Wildman–Crippen LogP) is 1.38. The molecule has 6 heteroatoms. The Labute approximate surface area is 208 Å². The molecule has 0 amide bonds. The molecule has 3 rings (SSSR count). The molecule has 0 radical (unpaired) electrons. The van der Waals surface area contributed by atoms with Gasteiger partial charge in [-0.2, -0.15) is 17.2 Å². The minimum atomic E-state index is -1.11. The average Bonchev–Trinajstić information content (AvgIpc) is 2.75. The molecule has 2 aliphatic carbocycles. The Hall–Kier alpha value is -0.132. The van der Waals surface area contributed by atoms with E-state index in [-0.39, 0.29) is 46.5 Å². The Bertz CT molecular complexity index is 730. The van der Waals surface area contributed by atoms with Gasteiger partial charge in [-0.25, -0.2) is 0 Å². The van der Waals surface area contributed by atoms with Crippen molar-refractivity contribution >= 4 is 16.5 Å². The smallest absolute Gasteiger partial charge is 1.00 e. The molecule has 29 heavy (non-hydrogen) atoms. The van der Waals surface area contributed by atoms with E-state index in [1.165, 1.54) is 22.3 Å². The van der Waals surface area contributed by atoms with Crippen LogP contribution in [0, 0.1) is 6.08 Å². The Balaban J connectivity index is 0. The van der Waals surface area contributed by atoms with E-state index in [0.29, 0.717) is 5.92 Å². The molecule has 2 aliphatic rings. The quantitative estimate of drug-likeness (QED) is 0.442. The summed E-state index contributed by atoms with van der Waals surface area (Å²) >= 11 is 0. The maximum absolute atomic E-state index is 4.82. The van der Waals surface area contributed by atoms with Gasteiger partial charge in [0.25, 0.3) is 0 Å². The number of halogens is 2. The SMILES string of the molecule is CC1=[C-]C2=CC=CCC(c3ccccc3)C2=C1.C[Si](C)(C)[N-][Si](C)(C)C.[Cl-].[Cl-].[Ti+4].